The number of hydrogen-bond donors (Lipinski definition) is 2. The second kappa shape index (κ2) is 11.3. The van der Waals surface area contributed by atoms with E-state index in [0.29, 0.717) is 41.5 Å². The first-order valence-electron chi connectivity index (χ1n) is 12.8. The molecule has 1 fully saturated rings. The second-order valence-corrected chi connectivity index (χ2v) is 9.60. The van der Waals surface area contributed by atoms with Gasteiger partial charge in [0, 0.05) is 43.1 Å². The molecule has 188 valence electrons. The Morgan fingerprint density at radius 2 is 1.97 bits per heavy atom. The molecule has 4 rings (SSSR count). The third-order valence-corrected chi connectivity index (χ3v) is 6.64. The van der Waals surface area contributed by atoms with Gasteiger partial charge in [-0.2, -0.15) is 10.2 Å². The van der Waals surface area contributed by atoms with Gasteiger partial charge in [-0.05, 0) is 55.2 Å². The first-order valence-corrected chi connectivity index (χ1v) is 12.8. The molecule has 0 unspecified atom stereocenters. The third-order valence-electron chi connectivity index (χ3n) is 6.64. The van der Waals surface area contributed by atoms with Crippen LogP contribution in [0.25, 0.3) is 10.8 Å². The summed E-state index contributed by atoms with van der Waals surface area (Å²) in [7, 11) is 0. The number of nitrogens with one attached hydrogen (secondary N) is 2. The Kier molecular flexibility index (Phi) is 7.93. The highest BCUT2D eigenvalue weighted by atomic mass is 16.2. The normalized spacial score (nSPS) is 16.9. The maximum Gasteiger partial charge on any atom is 0.270 e. The summed E-state index contributed by atoms with van der Waals surface area (Å²) in [6, 6.07) is 6.04. The van der Waals surface area contributed by atoms with Crippen molar-refractivity contribution in [2.45, 2.75) is 65.3 Å². The molecule has 3 aromatic rings. The summed E-state index contributed by atoms with van der Waals surface area (Å²) in [5.74, 6) is 2.01. The Bertz CT molecular complexity index is 1260. The predicted octanol–water partition coefficient (Wildman–Crippen LogP) is 4.95. The number of fused-ring (bicyclic) bond motifs is 1. The highest BCUT2D eigenvalue weighted by Gasteiger charge is 2.31. The molecule has 0 aliphatic heterocycles. The Balaban J connectivity index is 1.60. The lowest BCUT2D eigenvalue weighted by atomic mass is 9.81. The van der Waals surface area contributed by atoms with E-state index in [4.69, 9.17) is 10.2 Å². The summed E-state index contributed by atoms with van der Waals surface area (Å²) in [5, 5.41) is 17.0. The average Bonchev–Trinajstić information content (AvgIpc) is 2.85. The molecule has 0 radical (unpaired) electrons. The molecule has 0 aromatic carbocycles. The summed E-state index contributed by atoms with van der Waals surface area (Å²) >= 11 is 0. The number of nitriles is 1. The fourth-order valence-electron chi connectivity index (χ4n) is 4.41. The number of nitrogens with zero attached hydrogens (tertiary/aromatic N) is 6. The molecule has 1 amide bonds. The lowest BCUT2D eigenvalue weighted by Gasteiger charge is -2.31. The number of aromatic nitrogens is 4. The molecule has 0 atom stereocenters. The molecule has 1 aliphatic rings. The number of rotatable bonds is 10. The Labute approximate surface area is 212 Å². The van der Waals surface area contributed by atoms with Crippen molar-refractivity contribution in [3.63, 3.8) is 0 Å². The largest absolute Gasteiger partial charge is 0.348 e. The molecule has 0 bridgehead atoms. The van der Waals surface area contributed by atoms with E-state index < -0.39 is 0 Å². The summed E-state index contributed by atoms with van der Waals surface area (Å²) in [6.07, 6.45) is 8.80. The molecule has 2 N–H and O–H groups in total. The van der Waals surface area contributed by atoms with Gasteiger partial charge in [-0.15, -0.1) is 0 Å². The average molecular weight is 487 g/mol. The molecule has 1 aliphatic carbocycles. The molecule has 3 heterocycles. The quantitative estimate of drug-likeness (QED) is 0.413. The smallest absolute Gasteiger partial charge is 0.270 e. The van der Waals surface area contributed by atoms with Gasteiger partial charge in [-0.3, -0.25) is 9.78 Å². The van der Waals surface area contributed by atoms with Crippen LogP contribution in [-0.4, -0.2) is 45.0 Å². The van der Waals surface area contributed by atoms with Crippen LogP contribution in [-0.2, 0) is 0 Å². The molecule has 9 nitrogen and oxygen atoms in total. The van der Waals surface area contributed by atoms with E-state index in [2.05, 4.69) is 64.2 Å². The van der Waals surface area contributed by atoms with Crippen molar-refractivity contribution in [3.05, 3.63) is 42.0 Å². The predicted molar refractivity (Wildman–Crippen MR) is 141 cm³/mol. The maximum absolute atomic E-state index is 13.0. The van der Waals surface area contributed by atoms with E-state index in [1.54, 1.807) is 18.6 Å². The maximum atomic E-state index is 13.0. The van der Waals surface area contributed by atoms with Crippen molar-refractivity contribution in [1.29, 1.82) is 5.26 Å². The molecule has 0 spiro atoms. The first-order chi connectivity index (χ1) is 17.4. The highest BCUT2D eigenvalue weighted by molar-refractivity contribution is 6.06. The number of pyridine rings is 2. The van der Waals surface area contributed by atoms with Crippen molar-refractivity contribution in [2.24, 2.45) is 5.92 Å². The zero-order chi connectivity index (χ0) is 25.7. The van der Waals surface area contributed by atoms with E-state index in [1.807, 2.05) is 12.1 Å². The summed E-state index contributed by atoms with van der Waals surface area (Å²) < 4.78 is 0. The molecule has 9 heteroatoms. The SMILES string of the molecule is CCCCN(CC)c1nccc(Nc2cc3c(C(C)C)cnc(C(=O)NC4CC(C#N)C4)c3cn2)n1. The number of unbranched alkanes of at least 4 members (excludes halogenated alkanes) is 1. The topological polar surface area (TPSA) is 120 Å². The fourth-order valence-corrected chi connectivity index (χ4v) is 4.41. The summed E-state index contributed by atoms with van der Waals surface area (Å²) in [4.78, 5) is 33.4. The zero-order valence-electron chi connectivity index (χ0n) is 21.5. The number of hydrogen-bond acceptors (Lipinski definition) is 8. The number of anilines is 3. The Morgan fingerprint density at radius 3 is 2.67 bits per heavy atom. The van der Waals surface area contributed by atoms with Crippen LogP contribution in [0.2, 0.25) is 0 Å². The van der Waals surface area contributed by atoms with Crippen molar-refractivity contribution in [3.8, 4) is 6.07 Å². The molecule has 3 aromatic heterocycles. The van der Waals surface area contributed by atoms with E-state index in [-0.39, 0.29) is 23.8 Å². The Morgan fingerprint density at radius 1 is 1.17 bits per heavy atom. The van der Waals surface area contributed by atoms with Crippen LogP contribution in [0.15, 0.2) is 30.7 Å². The highest BCUT2D eigenvalue weighted by Crippen LogP contribution is 2.30. The molecule has 0 saturated heterocycles. The van der Waals surface area contributed by atoms with E-state index >= 15 is 0 Å². The van der Waals surface area contributed by atoms with Gasteiger partial charge in [0.2, 0.25) is 5.95 Å². The molecular weight excluding hydrogens is 452 g/mol. The van der Waals surface area contributed by atoms with Gasteiger partial charge in [0.25, 0.3) is 5.91 Å². The van der Waals surface area contributed by atoms with E-state index in [1.165, 1.54) is 0 Å². The fraction of sp³-hybridized carbons (Fsp3) is 0.481. The van der Waals surface area contributed by atoms with Crippen LogP contribution in [0.4, 0.5) is 17.6 Å². The molecule has 36 heavy (non-hydrogen) atoms. The summed E-state index contributed by atoms with van der Waals surface area (Å²) in [6.45, 7) is 10.2. The van der Waals surface area contributed by atoms with Gasteiger partial charge in [-0.1, -0.05) is 27.2 Å². The van der Waals surface area contributed by atoms with Gasteiger partial charge < -0.3 is 15.5 Å². The lowest BCUT2D eigenvalue weighted by molar-refractivity contribution is 0.0901. The minimum atomic E-state index is -0.230. The van der Waals surface area contributed by atoms with Gasteiger partial charge in [0.05, 0.1) is 12.0 Å². The standard InChI is InChI=1S/C27H34N8O/c1-5-7-10-35(6-2)27-29-9-8-23(34-27)33-24-13-20-21(17(3)4)15-31-25(22(20)16-30-24)26(36)32-19-11-18(12-19)14-28/h8-9,13,15-19H,5-7,10-12H2,1-4H3,(H,32,36)(H,29,30,33,34). The molecule has 1 saturated carbocycles. The lowest BCUT2D eigenvalue weighted by Crippen LogP contribution is -2.44. The van der Waals surface area contributed by atoms with E-state index in [9.17, 15) is 4.79 Å². The van der Waals surface area contributed by atoms with Gasteiger partial charge in [0.1, 0.15) is 17.3 Å². The molecular formula is C27H34N8O. The van der Waals surface area contributed by atoms with Crippen molar-refractivity contribution in [1.82, 2.24) is 25.3 Å². The van der Waals surface area contributed by atoms with Crippen LogP contribution in [0.1, 0.15) is 75.3 Å². The van der Waals surface area contributed by atoms with Crippen molar-refractivity contribution in [2.75, 3.05) is 23.3 Å². The van der Waals surface area contributed by atoms with Gasteiger partial charge in [-0.25, -0.2) is 9.97 Å². The third kappa shape index (κ3) is 5.54. The number of carbonyl (C=O) groups is 1. The number of amides is 1. The second-order valence-electron chi connectivity index (χ2n) is 9.60. The minimum absolute atomic E-state index is 0.0182. The number of carbonyl (C=O) groups excluding carboxylic acids is 1. The zero-order valence-corrected chi connectivity index (χ0v) is 21.5. The van der Waals surface area contributed by atoms with Gasteiger partial charge in [0.15, 0.2) is 0 Å². The van der Waals surface area contributed by atoms with Crippen LogP contribution in [0, 0.1) is 17.2 Å². The first kappa shape index (κ1) is 25.3. The summed E-state index contributed by atoms with van der Waals surface area (Å²) in [5.41, 5.74) is 1.40. The van der Waals surface area contributed by atoms with Crippen molar-refractivity contribution < 1.29 is 4.79 Å². The van der Waals surface area contributed by atoms with Gasteiger partial charge >= 0.3 is 0 Å². The van der Waals surface area contributed by atoms with Crippen LogP contribution < -0.4 is 15.5 Å². The van der Waals surface area contributed by atoms with Crippen molar-refractivity contribution >= 4 is 34.3 Å². The van der Waals surface area contributed by atoms with E-state index in [0.717, 1.165) is 36.9 Å². The monoisotopic (exact) mass is 486 g/mol. The minimum Gasteiger partial charge on any atom is -0.348 e. The Hall–Kier alpha value is -3.80. The van der Waals surface area contributed by atoms with Crippen LogP contribution in [0.3, 0.4) is 0 Å². The van der Waals surface area contributed by atoms with Crippen LogP contribution in [0.5, 0.6) is 0 Å². The van der Waals surface area contributed by atoms with Crippen LogP contribution >= 0.6 is 0 Å².